The van der Waals surface area contributed by atoms with Gasteiger partial charge >= 0.3 is 5.63 Å². The zero-order valence-electron chi connectivity index (χ0n) is 20.7. The van der Waals surface area contributed by atoms with Crippen molar-refractivity contribution in [3.63, 3.8) is 0 Å². The Morgan fingerprint density at radius 3 is 2.68 bits per heavy atom. The Hall–Kier alpha value is -3.17. The molecule has 1 fully saturated rings. The van der Waals surface area contributed by atoms with E-state index in [9.17, 15) is 9.59 Å². The number of piperazine rings is 1. The number of nitrogens with one attached hydrogen (secondary N) is 1. The highest BCUT2D eigenvalue weighted by atomic mass is 35.5. The van der Waals surface area contributed by atoms with Crippen LogP contribution < -0.4 is 15.8 Å². The van der Waals surface area contributed by atoms with Gasteiger partial charge in [0.15, 0.2) is 5.13 Å². The van der Waals surface area contributed by atoms with Gasteiger partial charge in [0.2, 0.25) is 0 Å². The molecule has 0 unspecified atom stereocenters. The van der Waals surface area contributed by atoms with Crippen molar-refractivity contribution in [1.29, 1.82) is 0 Å². The molecule has 0 spiro atoms. The second-order valence-electron chi connectivity index (χ2n) is 9.25. The van der Waals surface area contributed by atoms with Crippen LogP contribution in [0.25, 0.3) is 32.0 Å². The van der Waals surface area contributed by atoms with Crippen LogP contribution in [0, 0.1) is 6.92 Å². The van der Waals surface area contributed by atoms with E-state index in [2.05, 4.69) is 15.1 Å². The van der Waals surface area contributed by atoms with Crippen molar-refractivity contribution < 1.29 is 9.21 Å². The maximum atomic E-state index is 12.8. The van der Waals surface area contributed by atoms with Gasteiger partial charge in [0, 0.05) is 49.7 Å². The summed E-state index contributed by atoms with van der Waals surface area (Å²) in [5.74, 6) is -0.411. The average Bonchev–Trinajstić information content (AvgIpc) is 3.36. The summed E-state index contributed by atoms with van der Waals surface area (Å²) in [5.41, 5.74) is 1.87. The molecule has 10 heteroatoms. The number of rotatable bonds is 5. The number of halogens is 2. The molecular weight excluding hydrogens is 543 g/mol. The zero-order valence-corrected chi connectivity index (χ0v) is 23.1. The summed E-state index contributed by atoms with van der Waals surface area (Å²) in [7, 11) is 0. The average molecular weight is 570 g/mol. The number of fused-ring (bicyclic) bond motifs is 4. The van der Waals surface area contributed by atoms with Crippen LogP contribution in [0.5, 0.6) is 0 Å². The number of nitrogens with zero attached hydrogens (tertiary/aromatic N) is 3. The first-order valence-electron chi connectivity index (χ1n) is 12.2. The first-order valence-corrected chi connectivity index (χ1v) is 13.4. The topological polar surface area (TPSA) is 78.7 Å². The van der Waals surface area contributed by atoms with Gasteiger partial charge in [0.25, 0.3) is 5.91 Å². The first-order chi connectivity index (χ1) is 18.0. The number of aromatic nitrogens is 1. The number of carbonyl (C=O) groups is 1. The predicted octanol–water partition coefficient (Wildman–Crippen LogP) is 5.49. The maximum absolute atomic E-state index is 12.8. The zero-order chi connectivity index (χ0) is 25.5. The minimum atomic E-state index is -0.624. The lowest BCUT2D eigenvalue weighted by Gasteiger charge is -2.34. The highest BCUT2D eigenvalue weighted by molar-refractivity contribution is 7.22. The molecule has 196 valence electrons. The standard InChI is InChI=1S/C28H25ClN4O3S.ClH/c1-17-22(29)7-9-24-25(17)31-28(37-24)33-14-12-32(13-15-33)11-10-30-26(34)21-16-20-19-5-3-2-4-18(19)6-8-23(20)36-27(21)35;/h2-9,16H,10-15H2,1H3,(H,30,34);1H. The lowest BCUT2D eigenvalue weighted by Crippen LogP contribution is -2.48. The molecule has 1 saturated heterocycles. The molecule has 5 aromatic rings. The third-order valence-electron chi connectivity index (χ3n) is 6.98. The summed E-state index contributed by atoms with van der Waals surface area (Å²) in [4.78, 5) is 34.8. The highest BCUT2D eigenvalue weighted by Crippen LogP contribution is 2.33. The van der Waals surface area contributed by atoms with Gasteiger partial charge in [-0.2, -0.15) is 0 Å². The predicted molar refractivity (Wildman–Crippen MR) is 158 cm³/mol. The molecule has 0 bridgehead atoms. The van der Waals surface area contributed by atoms with Crippen LogP contribution in [0.2, 0.25) is 5.02 Å². The molecule has 7 nitrogen and oxygen atoms in total. The summed E-state index contributed by atoms with van der Waals surface area (Å²) >= 11 is 7.95. The summed E-state index contributed by atoms with van der Waals surface area (Å²) in [5, 5.41) is 7.38. The maximum Gasteiger partial charge on any atom is 0.349 e. The van der Waals surface area contributed by atoms with Crippen LogP contribution in [0.4, 0.5) is 5.13 Å². The fourth-order valence-electron chi connectivity index (χ4n) is 4.84. The third kappa shape index (κ3) is 4.97. The molecule has 3 heterocycles. The number of hydrogen-bond donors (Lipinski definition) is 1. The van der Waals surface area contributed by atoms with E-state index in [1.807, 2.05) is 49.4 Å². The molecular formula is C28H26Cl2N4O3S. The van der Waals surface area contributed by atoms with Gasteiger partial charge in [0.05, 0.1) is 10.2 Å². The van der Waals surface area contributed by atoms with Gasteiger partial charge in [-0.05, 0) is 47.5 Å². The molecule has 1 aliphatic rings. The van der Waals surface area contributed by atoms with Gasteiger partial charge in [-0.15, -0.1) is 12.4 Å². The Kier molecular flexibility index (Phi) is 7.59. The first kappa shape index (κ1) is 26.4. The normalized spacial score (nSPS) is 14.2. The molecule has 3 aromatic carbocycles. The van der Waals surface area contributed by atoms with E-state index in [4.69, 9.17) is 21.0 Å². The van der Waals surface area contributed by atoms with Crippen molar-refractivity contribution in [2.45, 2.75) is 6.92 Å². The molecule has 0 saturated carbocycles. The van der Waals surface area contributed by atoms with Crippen LogP contribution in [0.1, 0.15) is 15.9 Å². The summed E-state index contributed by atoms with van der Waals surface area (Å²) < 4.78 is 6.61. The van der Waals surface area contributed by atoms with E-state index in [0.29, 0.717) is 18.7 Å². The third-order valence-corrected chi connectivity index (χ3v) is 8.47. The lowest BCUT2D eigenvalue weighted by atomic mass is 10.0. The van der Waals surface area contributed by atoms with E-state index in [-0.39, 0.29) is 18.0 Å². The second-order valence-corrected chi connectivity index (χ2v) is 10.7. The molecule has 0 aliphatic carbocycles. The van der Waals surface area contributed by atoms with E-state index >= 15 is 0 Å². The number of anilines is 1. The van der Waals surface area contributed by atoms with Crippen molar-refractivity contribution in [2.24, 2.45) is 0 Å². The second kappa shape index (κ2) is 10.9. The number of carbonyl (C=O) groups excluding carboxylic acids is 1. The van der Waals surface area contributed by atoms with Gasteiger partial charge in [0.1, 0.15) is 11.1 Å². The van der Waals surface area contributed by atoms with Gasteiger partial charge in [-0.3, -0.25) is 9.69 Å². The van der Waals surface area contributed by atoms with Crippen LogP contribution in [-0.2, 0) is 0 Å². The highest BCUT2D eigenvalue weighted by Gasteiger charge is 2.21. The summed E-state index contributed by atoms with van der Waals surface area (Å²) in [6, 6.07) is 17.1. The Balaban J connectivity index is 0.00000294. The smallest absolute Gasteiger partial charge is 0.349 e. The summed E-state index contributed by atoms with van der Waals surface area (Å²) in [6.45, 7) is 6.63. The number of benzene rings is 3. The van der Waals surface area contributed by atoms with Crippen LogP contribution in [-0.4, -0.2) is 55.1 Å². The van der Waals surface area contributed by atoms with E-state index in [1.54, 1.807) is 23.5 Å². The molecule has 6 rings (SSSR count). The minimum absolute atomic E-state index is 0. The Morgan fingerprint density at radius 2 is 1.87 bits per heavy atom. The molecule has 0 atom stereocenters. The minimum Gasteiger partial charge on any atom is -0.422 e. The molecule has 0 radical (unpaired) electrons. The van der Waals surface area contributed by atoms with E-state index in [0.717, 1.165) is 68.3 Å². The Bertz CT molecular complexity index is 1710. The fourth-order valence-corrected chi connectivity index (χ4v) is 6.07. The largest absolute Gasteiger partial charge is 0.422 e. The van der Waals surface area contributed by atoms with Crippen LogP contribution >= 0.6 is 35.3 Å². The number of thiazole rings is 1. The molecule has 2 aromatic heterocycles. The Labute approximate surface area is 234 Å². The Morgan fingerprint density at radius 1 is 1.08 bits per heavy atom. The lowest BCUT2D eigenvalue weighted by molar-refractivity contribution is 0.0944. The van der Waals surface area contributed by atoms with Crippen molar-refractivity contribution in [1.82, 2.24) is 15.2 Å². The summed E-state index contributed by atoms with van der Waals surface area (Å²) in [6.07, 6.45) is 0. The quantitative estimate of drug-likeness (QED) is 0.223. The van der Waals surface area contributed by atoms with E-state index < -0.39 is 11.5 Å². The number of amides is 1. The molecule has 1 amide bonds. The van der Waals surface area contributed by atoms with Gasteiger partial charge in [-0.25, -0.2) is 9.78 Å². The van der Waals surface area contributed by atoms with Crippen LogP contribution in [0.3, 0.4) is 0 Å². The monoisotopic (exact) mass is 568 g/mol. The molecule has 38 heavy (non-hydrogen) atoms. The van der Waals surface area contributed by atoms with Crippen molar-refractivity contribution in [3.8, 4) is 0 Å². The number of hydrogen-bond acceptors (Lipinski definition) is 7. The molecule has 1 aliphatic heterocycles. The van der Waals surface area contributed by atoms with E-state index in [1.165, 1.54) is 0 Å². The van der Waals surface area contributed by atoms with Gasteiger partial charge < -0.3 is 14.6 Å². The van der Waals surface area contributed by atoms with Crippen molar-refractivity contribution in [2.75, 3.05) is 44.2 Å². The van der Waals surface area contributed by atoms with Crippen molar-refractivity contribution in [3.05, 3.63) is 81.2 Å². The molecule has 1 N–H and O–H groups in total. The SMILES string of the molecule is Cc1c(Cl)ccc2sc(N3CCN(CCNC(=O)c4cc5c(ccc6ccccc65)oc4=O)CC3)nc12.Cl. The van der Waals surface area contributed by atoms with Crippen LogP contribution in [0.15, 0.2) is 63.8 Å². The fraction of sp³-hybridized carbons (Fsp3) is 0.250. The number of aryl methyl sites for hydroxylation is 1. The van der Waals surface area contributed by atoms with Crippen molar-refractivity contribution >= 4 is 78.3 Å². The van der Waals surface area contributed by atoms with Gasteiger partial charge in [-0.1, -0.05) is 53.3 Å².